The number of benzene rings is 1. The summed E-state index contributed by atoms with van der Waals surface area (Å²) in [6.07, 6.45) is 0.442. The Balaban J connectivity index is 2.72. The summed E-state index contributed by atoms with van der Waals surface area (Å²) in [7, 11) is 1.58. The standard InChI is InChI=1S/C11H14N2O2/c1-3-10(14)13-9-6-4-8(5-7-9)11(15)12-2/h4-7H,3H2,1-2H3,(H,12,15)(H,13,14). The van der Waals surface area contributed by atoms with Crippen molar-refractivity contribution in [3.8, 4) is 0 Å². The molecular formula is C11H14N2O2. The van der Waals surface area contributed by atoms with Crippen molar-refractivity contribution in [2.75, 3.05) is 12.4 Å². The fourth-order valence-electron chi connectivity index (χ4n) is 1.10. The van der Waals surface area contributed by atoms with E-state index >= 15 is 0 Å². The van der Waals surface area contributed by atoms with Crippen LogP contribution in [0, 0.1) is 0 Å². The number of anilines is 1. The molecule has 15 heavy (non-hydrogen) atoms. The van der Waals surface area contributed by atoms with Crippen molar-refractivity contribution in [1.82, 2.24) is 5.32 Å². The molecule has 0 aliphatic heterocycles. The molecule has 0 atom stereocenters. The van der Waals surface area contributed by atoms with Gasteiger partial charge in [0.1, 0.15) is 0 Å². The van der Waals surface area contributed by atoms with Gasteiger partial charge < -0.3 is 10.6 Å². The summed E-state index contributed by atoms with van der Waals surface area (Å²) in [5, 5.41) is 5.23. The van der Waals surface area contributed by atoms with Crippen molar-refractivity contribution >= 4 is 17.5 Å². The van der Waals surface area contributed by atoms with Crippen LogP contribution in [0.25, 0.3) is 0 Å². The zero-order chi connectivity index (χ0) is 11.3. The molecule has 1 rings (SSSR count). The molecule has 2 amide bonds. The molecule has 0 unspecified atom stereocenters. The summed E-state index contributed by atoms with van der Waals surface area (Å²) >= 11 is 0. The molecule has 0 saturated heterocycles. The third-order valence-electron chi connectivity index (χ3n) is 1.98. The van der Waals surface area contributed by atoms with E-state index in [0.29, 0.717) is 17.7 Å². The Hall–Kier alpha value is -1.84. The normalized spacial score (nSPS) is 9.47. The highest BCUT2D eigenvalue weighted by Crippen LogP contribution is 2.09. The molecular weight excluding hydrogens is 192 g/mol. The van der Waals surface area contributed by atoms with Crippen LogP contribution in [0.1, 0.15) is 23.7 Å². The van der Waals surface area contributed by atoms with Crippen molar-refractivity contribution in [1.29, 1.82) is 0 Å². The van der Waals surface area contributed by atoms with Gasteiger partial charge in [-0.3, -0.25) is 9.59 Å². The Morgan fingerprint density at radius 2 is 1.80 bits per heavy atom. The molecule has 1 aromatic carbocycles. The Kier molecular flexibility index (Phi) is 3.85. The Morgan fingerprint density at radius 3 is 2.27 bits per heavy atom. The molecule has 0 aliphatic rings. The first-order valence-corrected chi connectivity index (χ1v) is 4.79. The average molecular weight is 206 g/mol. The van der Waals surface area contributed by atoms with E-state index < -0.39 is 0 Å². The maximum atomic E-state index is 11.2. The minimum atomic E-state index is -0.136. The zero-order valence-corrected chi connectivity index (χ0v) is 8.83. The fraction of sp³-hybridized carbons (Fsp3) is 0.273. The van der Waals surface area contributed by atoms with Gasteiger partial charge in [-0.1, -0.05) is 6.92 Å². The summed E-state index contributed by atoms with van der Waals surface area (Å²) in [6, 6.07) is 6.75. The van der Waals surface area contributed by atoms with Gasteiger partial charge in [0.2, 0.25) is 5.91 Å². The van der Waals surface area contributed by atoms with Gasteiger partial charge in [-0.05, 0) is 24.3 Å². The highest BCUT2D eigenvalue weighted by atomic mass is 16.2. The second kappa shape index (κ2) is 5.14. The van der Waals surface area contributed by atoms with Gasteiger partial charge in [-0.25, -0.2) is 0 Å². The van der Waals surface area contributed by atoms with Crippen molar-refractivity contribution in [3.63, 3.8) is 0 Å². The minimum Gasteiger partial charge on any atom is -0.355 e. The van der Waals surface area contributed by atoms with Gasteiger partial charge in [-0.15, -0.1) is 0 Å². The molecule has 0 heterocycles. The molecule has 0 spiro atoms. The molecule has 0 aromatic heterocycles. The lowest BCUT2D eigenvalue weighted by atomic mass is 10.2. The van der Waals surface area contributed by atoms with Gasteiger partial charge in [0.25, 0.3) is 5.91 Å². The van der Waals surface area contributed by atoms with E-state index in [0.717, 1.165) is 0 Å². The van der Waals surface area contributed by atoms with Gasteiger partial charge in [0, 0.05) is 24.7 Å². The molecule has 1 aromatic rings. The van der Waals surface area contributed by atoms with Gasteiger partial charge in [-0.2, -0.15) is 0 Å². The number of nitrogens with one attached hydrogen (secondary N) is 2. The second-order valence-corrected chi connectivity index (χ2v) is 3.06. The minimum absolute atomic E-state index is 0.0392. The van der Waals surface area contributed by atoms with E-state index in [4.69, 9.17) is 0 Å². The fourth-order valence-corrected chi connectivity index (χ4v) is 1.10. The van der Waals surface area contributed by atoms with Crippen LogP contribution < -0.4 is 10.6 Å². The SMILES string of the molecule is CCC(=O)Nc1ccc(C(=O)NC)cc1. The summed E-state index contributed by atoms with van der Waals surface area (Å²) in [5.74, 6) is -0.175. The lowest BCUT2D eigenvalue weighted by Crippen LogP contribution is -2.17. The summed E-state index contributed by atoms with van der Waals surface area (Å²) in [4.78, 5) is 22.3. The highest BCUT2D eigenvalue weighted by molar-refractivity contribution is 5.95. The number of carbonyl (C=O) groups excluding carboxylic acids is 2. The maximum Gasteiger partial charge on any atom is 0.251 e. The summed E-state index contributed by atoms with van der Waals surface area (Å²) in [6.45, 7) is 1.79. The molecule has 0 aliphatic carbocycles. The van der Waals surface area contributed by atoms with E-state index in [-0.39, 0.29) is 11.8 Å². The number of amides is 2. The van der Waals surface area contributed by atoms with Gasteiger partial charge >= 0.3 is 0 Å². The van der Waals surface area contributed by atoms with Crippen LogP contribution in [-0.4, -0.2) is 18.9 Å². The largest absolute Gasteiger partial charge is 0.355 e. The number of hydrogen-bond donors (Lipinski definition) is 2. The smallest absolute Gasteiger partial charge is 0.251 e. The van der Waals surface area contributed by atoms with E-state index in [1.54, 1.807) is 38.2 Å². The lowest BCUT2D eigenvalue weighted by Gasteiger charge is -2.04. The molecule has 0 saturated carbocycles. The van der Waals surface area contributed by atoms with E-state index in [1.165, 1.54) is 0 Å². The van der Waals surface area contributed by atoms with E-state index in [2.05, 4.69) is 10.6 Å². The quantitative estimate of drug-likeness (QED) is 0.785. The van der Waals surface area contributed by atoms with Crippen LogP contribution in [0.15, 0.2) is 24.3 Å². The van der Waals surface area contributed by atoms with Crippen LogP contribution in [0.2, 0.25) is 0 Å². The van der Waals surface area contributed by atoms with Gasteiger partial charge in [0.05, 0.1) is 0 Å². The number of hydrogen-bond acceptors (Lipinski definition) is 2. The van der Waals surface area contributed by atoms with Gasteiger partial charge in [0.15, 0.2) is 0 Å². The molecule has 80 valence electrons. The number of rotatable bonds is 3. The first kappa shape index (κ1) is 11.2. The van der Waals surface area contributed by atoms with Crippen LogP contribution in [0.3, 0.4) is 0 Å². The molecule has 2 N–H and O–H groups in total. The van der Waals surface area contributed by atoms with Crippen LogP contribution >= 0.6 is 0 Å². The molecule has 4 nitrogen and oxygen atoms in total. The lowest BCUT2D eigenvalue weighted by molar-refractivity contribution is -0.115. The summed E-state index contributed by atoms with van der Waals surface area (Å²) < 4.78 is 0. The van der Waals surface area contributed by atoms with Crippen molar-refractivity contribution < 1.29 is 9.59 Å². The maximum absolute atomic E-state index is 11.2. The summed E-state index contributed by atoms with van der Waals surface area (Å²) in [5.41, 5.74) is 1.28. The first-order chi connectivity index (χ1) is 7.17. The molecule has 0 bridgehead atoms. The second-order valence-electron chi connectivity index (χ2n) is 3.06. The molecule has 0 radical (unpaired) electrons. The first-order valence-electron chi connectivity index (χ1n) is 4.79. The van der Waals surface area contributed by atoms with E-state index in [1.807, 2.05) is 0 Å². The third kappa shape index (κ3) is 3.09. The predicted octanol–water partition coefficient (Wildman–Crippen LogP) is 1.39. The van der Waals surface area contributed by atoms with Crippen LogP contribution in [0.5, 0.6) is 0 Å². The van der Waals surface area contributed by atoms with Crippen molar-refractivity contribution in [2.45, 2.75) is 13.3 Å². The number of carbonyl (C=O) groups is 2. The monoisotopic (exact) mass is 206 g/mol. The van der Waals surface area contributed by atoms with Crippen LogP contribution in [-0.2, 0) is 4.79 Å². The predicted molar refractivity (Wildman–Crippen MR) is 58.8 cm³/mol. The molecule has 4 heteroatoms. The molecule has 0 fully saturated rings. The Bertz CT molecular complexity index is 357. The van der Waals surface area contributed by atoms with Crippen molar-refractivity contribution in [2.24, 2.45) is 0 Å². The topological polar surface area (TPSA) is 58.2 Å². The highest BCUT2D eigenvalue weighted by Gasteiger charge is 2.03. The zero-order valence-electron chi connectivity index (χ0n) is 8.83. The van der Waals surface area contributed by atoms with E-state index in [9.17, 15) is 9.59 Å². The average Bonchev–Trinajstić information content (AvgIpc) is 2.29. The van der Waals surface area contributed by atoms with Crippen LogP contribution in [0.4, 0.5) is 5.69 Å². The van der Waals surface area contributed by atoms with Crippen molar-refractivity contribution in [3.05, 3.63) is 29.8 Å². The third-order valence-corrected chi connectivity index (χ3v) is 1.98. The Morgan fingerprint density at radius 1 is 1.20 bits per heavy atom. The Labute approximate surface area is 88.7 Å².